The van der Waals surface area contributed by atoms with E-state index in [9.17, 15) is 4.39 Å². The molecule has 3 nitrogen and oxygen atoms in total. The van der Waals surface area contributed by atoms with Gasteiger partial charge in [0.25, 0.3) is 0 Å². The molecule has 0 amide bonds. The number of hydrogen-bond donors (Lipinski definition) is 0. The van der Waals surface area contributed by atoms with Crippen molar-refractivity contribution in [3.63, 3.8) is 0 Å². The fourth-order valence-corrected chi connectivity index (χ4v) is 4.17. The number of aryl methyl sites for hydroxylation is 1. The maximum absolute atomic E-state index is 14.1. The van der Waals surface area contributed by atoms with Crippen LogP contribution in [0.2, 0.25) is 0 Å². The number of hydrogen-bond acceptors (Lipinski definition) is 3. The summed E-state index contributed by atoms with van der Waals surface area (Å²) in [7, 11) is 0. The first-order valence-electron chi connectivity index (χ1n) is 13.3. The van der Waals surface area contributed by atoms with Crippen LogP contribution in [-0.2, 0) is 6.42 Å². The van der Waals surface area contributed by atoms with Gasteiger partial charge in [0.15, 0.2) is 5.82 Å². The lowest BCUT2D eigenvalue weighted by atomic mass is 9.99. The molecule has 2 aromatic rings. The molecule has 2 atom stereocenters. The quantitative estimate of drug-likeness (QED) is 0.210. The molecule has 1 heterocycles. The van der Waals surface area contributed by atoms with E-state index in [1.54, 1.807) is 0 Å². The zero-order valence-electron chi connectivity index (χ0n) is 21.2. The van der Waals surface area contributed by atoms with E-state index in [2.05, 4.69) is 30.7 Å². The van der Waals surface area contributed by atoms with E-state index in [0.29, 0.717) is 18.1 Å². The fraction of sp³-hybridized carbons (Fsp3) is 0.655. The van der Waals surface area contributed by atoms with E-state index in [0.717, 1.165) is 37.1 Å². The summed E-state index contributed by atoms with van der Waals surface area (Å²) >= 11 is 0. The van der Waals surface area contributed by atoms with Crippen LogP contribution >= 0.6 is 0 Å². The average molecular weight is 457 g/mol. The maximum atomic E-state index is 14.1. The molecule has 0 bridgehead atoms. The molecule has 33 heavy (non-hydrogen) atoms. The minimum Gasteiger partial charge on any atom is -0.491 e. The molecule has 2 rings (SSSR count). The van der Waals surface area contributed by atoms with E-state index in [4.69, 9.17) is 4.74 Å². The second-order valence-corrected chi connectivity index (χ2v) is 9.54. The smallest absolute Gasteiger partial charge is 0.159 e. The molecule has 1 aromatic carbocycles. The highest BCUT2D eigenvalue weighted by Crippen LogP contribution is 2.21. The zero-order valence-corrected chi connectivity index (χ0v) is 21.2. The third-order valence-electron chi connectivity index (χ3n) is 6.32. The molecule has 0 N–H and O–H groups in total. The van der Waals surface area contributed by atoms with Gasteiger partial charge in [-0.05, 0) is 61.4 Å². The van der Waals surface area contributed by atoms with Crippen molar-refractivity contribution < 1.29 is 9.13 Å². The van der Waals surface area contributed by atoms with Gasteiger partial charge in [0.05, 0.1) is 0 Å². The van der Waals surface area contributed by atoms with Crippen LogP contribution in [-0.4, -0.2) is 22.7 Å². The van der Waals surface area contributed by atoms with Crippen molar-refractivity contribution in [2.45, 2.75) is 110 Å². The summed E-state index contributed by atoms with van der Waals surface area (Å²) in [4.78, 5) is 9.09. The van der Waals surface area contributed by atoms with Gasteiger partial charge in [-0.15, -0.1) is 0 Å². The lowest BCUT2D eigenvalue weighted by molar-refractivity contribution is 0.178. The van der Waals surface area contributed by atoms with E-state index in [1.165, 1.54) is 56.9 Å². The second-order valence-electron chi connectivity index (χ2n) is 9.54. The minimum absolute atomic E-state index is 0.113. The highest BCUT2D eigenvalue weighted by molar-refractivity contribution is 5.55. The molecule has 184 valence electrons. The average Bonchev–Trinajstić information content (AvgIpc) is 2.84. The lowest BCUT2D eigenvalue weighted by Gasteiger charge is -2.14. The summed E-state index contributed by atoms with van der Waals surface area (Å²) < 4.78 is 19.8. The summed E-state index contributed by atoms with van der Waals surface area (Å²) in [6, 6.07) is 7.64. The Balaban J connectivity index is 1.68. The van der Waals surface area contributed by atoms with Crippen molar-refractivity contribution >= 4 is 0 Å². The largest absolute Gasteiger partial charge is 0.491 e. The number of benzene rings is 1. The summed E-state index contributed by atoms with van der Waals surface area (Å²) in [6.45, 7) is 6.74. The van der Waals surface area contributed by atoms with Crippen LogP contribution in [0.15, 0.2) is 36.7 Å². The lowest BCUT2D eigenvalue weighted by Crippen LogP contribution is -2.14. The number of unbranched alkanes of at least 4 members (excludes halogenated alkanes) is 7. The molecule has 0 saturated heterocycles. The number of halogens is 1. The highest BCUT2D eigenvalue weighted by Gasteiger charge is 2.11. The second kappa shape index (κ2) is 16.6. The highest BCUT2D eigenvalue weighted by atomic mass is 19.1. The standard InChI is InChI=1S/C29H45FN2O/c1-4-6-7-8-9-10-11-12-14-25-21-31-29(32-22-25)26-16-19-28(20-17-26)33-23-27(30)18-15-24(3)13-5-2/h16-17,19-22,24,27H,4-15,18,23H2,1-3H3. The normalized spacial score (nSPS) is 13.1. The summed E-state index contributed by atoms with van der Waals surface area (Å²) in [5, 5.41) is 0. The third kappa shape index (κ3) is 11.6. The first-order chi connectivity index (χ1) is 16.1. The Morgan fingerprint density at radius 2 is 1.42 bits per heavy atom. The Morgan fingerprint density at radius 3 is 2.06 bits per heavy atom. The molecule has 0 aliphatic rings. The van der Waals surface area contributed by atoms with E-state index >= 15 is 0 Å². The summed E-state index contributed by atoms with van der Waals surface area (Å²) in [6.07, 6.45) is 18.5. The molecule has 4 heteroatoms. The van der Waals surface area contributed by atoms with E-state index in [-0.39, 0.29) is 6.61 Å². The number of alkyl halides is 1. The fourth-order valence-electron chi connectivity index (χ4n) is 4.17. The van der Waals surface area contributed by atoms with Crippen LogP contribution in [0.4, 0.5) is 4.39 Å². The van der Waals surface area contributed by atoms with Gasteiger partial charge in [-0.25, -0.2) is 14.4 Å². The third-order valence-corrected chi connectivity index (χ3v) is 6.32. The summed E-state index contributed by atoms with van der Waals surface area (Å²) in [5.74, 6) is 1.99. The molecule has 2 unspecified atom stereocenters. The molecule has 0 spiro atoms. The van der Waals surface area contributed by atoms with Crippen molar-refractivity contribution in [2.75, 3.05) is 6.61 Å². The van der Waals surface area contributed by atoms with Gasteiger partial charge < -0.3 is 4.74 Å². The number of nitrogens with zero attached hydrogens (tertiary/aromatic N) is 2. The van der Waals surface area contributed by atoms with E-state index < -0.39 is 6.17 Å². The van der Waals surface area contributed by atoms with Crippen molar-refractivity contribution in [3.05, 3.63) is 42.2 Å². The minimum atomic E-state index is -0.916. The molecule has 0 fully saturated rings. The van der Waals surface area contributed by atoms with Crippen LogP contribution < -0.4 is 4.74 Å². The van der Waals surface area contributed by atoms with Crippen LogP contribution in [0.1, 0.15) is 103 Å². The summed E-state index contributed by atoms with van der Waals surface area (Å²) in [5.41, 5.74) is 2.15. The van der Waals surface area contributed by atoms with Gasteiger partial charge in [-0.3, -0.25) is 0 Å². The van der Waals surface area contributed by atoms with Gasteiger partial charge in [0, 0.05) is 18.0 Å². The van der Waals surface area contributed by atoms with E-state index in [1.807, 2.05) is 36.7 Å². The Morgan fingerprint density at radius 1 is 0.788 bits per heavy atom. The molecular formula is C29H45FN2O. The predicted molar refractivity (Wildman–Crippen MR) is 137 cm³/mol. The van der Waals surface area contributed by atoms with Crippen molar-refractivity contribution in [2.24, 2.45) is 5.92 Å². The topological polar surface area (TPSA) is 35.0 Å². The molecular weight excluding hydrogens is 411 g/mol. The Kier molecular flexibility index (Phi) is 13.7. The molecule has 1 aromatic heterocycles. The van der Waals surface area contributed by atoms with Crippen molar-refractivity contribution in [3.8, 4) is 17.1 Å². The van der Waals surface area contributed by atoms with Gasteiger partial charge in [0.2, 0.25) is 0 Å². The number of aromatic nitrogens is 2. The first-order valence-corrected chi connectivity index (χ1v) is 13.3. The van der Waals surface area contributed by atoms with Crippen molar-refractivity contribution in [1.29, 1.82) is 0 Å². The van der Waals surface area contributed by atoms with Crippen LogP contribution in [0, 0.1) is 5.92 Å². The predicted octanol–water partition coefficient (Wildman–Crippen LogP) is 8.76. The molecule has 0 aliphatic heterocycles. The number of ether oxygens (including phenoxy) is 1. The van der Waals surface area contributed by atoms with Crippen molar-refractivity contribution in [1.82, 2.24) is 9.97 Å². The monoisotopic (exact) mass is 456 g/mol. The van der Waals surface area contributed by atoms with Crippen LogP contribution in [0.25, 0.3) is 11.4 Å². The Hall–Kier alpha value is -1.97. The van der Waals surface area contributed by atoms with Crippen LogP contribution in [0.5, 0.6) is 5.75 Å². The van der Waals surface area contributed by atoms with Gasteiger partial charge in [-0.1, -0.05) is 78.6 Å². The van der Waals surface area contributed by atoms with Gasteiger partial charge >= 0.3 is 0 Å². The Bertz CT molecular complexity index is 732. The number of rotatable bonds is 18. The molecule has 0 aliphatic carbocycles. The zero-order chi connectivity index (χ0) is 23.7. The molecule has 0 saturated carbocycles. The Labute approximate surface area is 201 Å². The molecule has 0 radical (unpaired) electrons. The van der Waals surface area contributed by atoms with Gasteiger partial charge in [0.1, 0.15) is 18.5 Å². The van der Waals surface area contributed by atoms with Gasteiger partial charge in [-0.2, -0.15) is 0 Å². The van der Waals surface area contributed by atoms with Crippen LogP contribution in [0.3, 0.4) is 0 Å². The SMILES string of the molecule is CCCCCCCCCCc1cnc(-c2ccc(OCC(F)CCC(C)CCC)cc2)nc1. The maximum Gasteiger partial charge on any atom is 0.159 e. The first kappa shape index (κ1) is 27.3.